The van der Waals surface area contributed by atoms with Gasteiger partial charge in [-0.1, -0.05) is 29.8 Å². The summed E-state index contributed by atoms with van der Waals surface area (Å²) in [5.41, 5.74) is 2.79. The maximum atomic E-state index is 13.4. The largest absolute Gasteiger partial charge is 0.358 e. The molecule has 2 aliphatic rings. The molecule has 2 aliphatic heterocycles. The van der Waals surface area contributed by atoms with Gasteiger partial charge in [-0.25, -0.2) is 0 Å². The number of anilines is 2. The molecule has 0 aliphatic carbocycles. The fraction of sp³-hybridized carbons (Fsp3) is 0.375. The number of halogens is 1. The van der Waals surface area contributed by atoms with E-state index < -0.39 is 0 Å². The van der Waals surface area contributed by atoms with Crippen LogP contribution in [0.1, 0.15) is 35.2 Å². The van der Waals surface area contributed by atoms with Crippen molar-refractivity contribution in [1.82, 2.24) is 10.2 Å². The van der Waals surface area contributed by atoms with E-state index in [0.717, 1.165) is 37.1 Å². The van der Waals surface area contributed by atoms with Gasteiger partial charge in [0.05, 0.1) is 11.4 Å². The first-order chi connectivity index (χ1) is 15.4. The number of rotatable bonds is 5. The summed E-state index contributed by atoms with van der Waals surface area (Å²) in [4.78, 5) is 43.9. The second kappa shape index (κ2) is 9.20. The molecule has 8 heteroatoms. The summed E-state index contributed by atoms with van der Waals surface area (Å²) in [6, 6.07) is 12.4. The Morgan fingerprint density at radius 3 is 2.66 bits per heavy atom. The number of benzene rings is 2. The minimum absolute atomic E-state index is 0.0976. The maximum absolute atomic E-state index is 13.4. The Kier molecular flexibility index (Phi) is 6.37. The van der Waals surface area contributed by atoms with E-state index in [1.165, 1.54) is 9.80 Å². The van der Waals surface area contributed by atoms with Crippen LogP contribution in [0, 0.1) is 0 Å². The lowest BCUT2D eigenvalue weighted by Gasteiger charge is -2.45. The lowest BCUT2D eigenvalue weighted by atomic mass is 9.95. The number of fused-ring (bicyclic) bond motifs is 3. The van der Waals surface area contributed by atoms with Crippen LogP contribution in [0.25, 0.3) is 0 Å². The van der Waals surface area contributed by atoms with E-state index in [0.29, 0.717) is 16.3 Å². The topological polar surface area (TPSA) is 73.0 Å². The predicted molar refractivity (Wildman–Crippen MR) is 125 cm³/mol. The molecule has 0 bridgehead atoms. The van der Waals surface area contributed by atoms with E-state index in [1.807, 2.05) is 24.3 Å². The third-order valence-corrected chi connectivity index (χ3v) is 6.39. The zero-order valence-electron chi connectivity index (χ0n) is 18.3. The number of nitrogens with one attached hydrogen (secondary N) is 1. The molecule has 2 aromatic carbocycles. The van der Waals surface area contributed by atoms with Crippen molar-refractivity contribution in [2.45, 2.75) is 31.8 Å². The second-order valence-corrected chi connectivity index (χ2v) is 8.81. The minimum Gasteiger partial charge on any atom is -0.358 e. The molecule has 32 heavy (non-hydrogen) atoms. The van der Waals surface area contributed by atoms with Crippen LogP contribution < -0.4 is 15.1 Å². The maximum Gasteiger partial charge on any atom is 0.253 e. The van der Waals surface area contributed by atoms with Crippen LogP contribution in [0.3, 0.4) is 0 Å². The zero-order valence-corrected chi connectivity index (χ0v) is 19.1. The van der Waals surface area contributed by atoms with Crippen LogP contribution in [0.5, 0.6) is 0 Å². The molecule has 0 saturated carbocycles. The van der Waals surface area contributed by atoms with Gasteiger partial charge in [0.15, 0.2) is 0 Å². The Bertz CT molecular complexity index is 1060. The lowest BCUT2D eigenvalue weighted by molar-refractivity contribution is -0.125. The fourth-order valence-electron chi connectivity index (χ4n) is 4.35. The smallest absolute Gasteiger partial charge is 0.253 e. The summed E-state index contributed by atoms with van der Waals surface area (Å²) >= 11 is 6.18. The van der Waals surface area contributed by atoms with Crippen molar-refractivity contribution in [2.24, 2.45) is 0 Å². The van der Waals surface area contributed by atoms with E-state index in [9.17, 15) is 14.4 Å². The molecule has 1 atom stereocenters. The minimum atomic E-state index is -0.280. The lowest BCUT2D eigenvalue weighted by Crippen LogP contribution is -2.57. The van der Waals surface area contributed by atoms with Crippen molar-refractivity contribution in [3.05, 3.63) is 58.6 Å². The van der Waals surface area contributed by atoms with Gasteiger partial charge < -0.3 is 15.1 Å². The highest BCUT2D eigenvalue weighted by Crippen LogP contribution is 2.40. The van der Waals surface area contributed by atoms with E-state index in [4.69, 9.17) is 11.6 Å². The van der Waals surface area contributed by atoms with Crippen LogP contribution in [0.4, 0.5) is 11.4 Å². The SMILES string of the molecule is CN(C)C(=O)c1ccc2c(c1)N(CC(=O)NCc1ccccc1Cl)C(=O)[C@H]1CCCCN21. The van der Waals surface area contributed by atoms with Crippen LogP contribution in [0.2, 0.25) is 5.02 Å². The van der Waals surface area contributed by atoms with Gasteiger partial charge in [-0.2, -0.15) is 0 Å². The Hall–Kier alpha value is -3.06. The third-order valence-electron chi connectivity index (χ3n) is 6.02. The van der Waals surface area contributed by atoms with Crippen molar-refractivity contribution in [3.8, 4) is 0 Å². The van der Waals surface area contributed by atoms with Gasteiger partial charge in [0.2, 0.25) is 11.8 Å². The van der Waals surface area contributed by atoms with E-state index in [2.05, 4.69) is 10.2 Å². The molecule has 168 valence electrons. The molecule has 2 aromatic rings. The summed E-state index contributed by atoms with van der Waals surface area (Å²) in [5, 5.41) is 3.44. The van der Waals surface area contributed by atoms with Crippen molar-refractivity contribution in [2.75, 3.05) is 37.0 Å². The second-order valence-electron chi connectivity index (χ2n) is 8.40. The van der Waals surface area contributed by atoms with Crippen LogP contribution in [-0.2, 0) is 16.1 Å². The number of piperidine rings is 1. The first-order valence-corrected chi connectivity index (χ1v) is 11.2. The number of carbonyl (C=O) groups excluding carboxylic acids is 3. The molecule has 1 fully saturated rings. The quantitative estimate of drug-likeness (QED) is 0.753. The number of carbonyl (C=O) groups is 3. The highest BCUT2D eigenvalue weighted by Gasteiger charge is 2.40. The standard InChI is InChI=1S/C24H27ClN4O3/c1-27(2)23(31)16-10-11-19-21(13-16)29(24(32)20-9-5-6-12-28(19)20)15-22(30)26-14-17-7-3-4-8-18(17)25/h3-4,7-8,10-11,13,20H,5-6,9,12,14-15H2,1-2H3,(H,26,30)/t20-/m1/s1. The average Bonchev–Trinajstić information content (AvgIpc) is 2.80. The molecule has 0 unspecified atom stereocenters. The molecule has 0 radical (unpaired) electrons. The van der Waals surface area contributed by atoms with Crippen molar-refractivity contribution < 1.29 is 14.4 Å². The first-order valence-electron chi connectivity index (χ1n) is 10.8. The van der Waals surface area contributed by atoms with Crippen molar-refractivity contribution >= 4 is 40.7 Å². The monoisotopic (exact) mass is 454 g/mol. The molecule has 3 amide bonds. The summed E-state index contributed by atoms with van der Waals surface area (Å²) < 4.78 is 0. The Morgan fingerprint density at radius 1 is 1.12 bits per heavy atom. The normalized spacial score (nSPS) is 17.5. The van der Waals surface area contributed by atoms with Gasteiger partial charge in [0, 0.05) is 37.8 Å². The zero-order chi connectivity index (χ0) is 22.8. The molecule has 1 N–H and O–H groups in total. The predicted octanol–water partition coefficient (Wildman–Crippen LogP) is 3.06. The third kappa shape index (κ3) is 4.30. The Labute approximate surface area is 192 Å². The number of hydrogen-bond donors (Lipinski definition) is 1. The molecular weight excluding hydrogens is 428 g/mol. The van der Waals surface area contributed by atoms with Gasteiger partial charge in [0.1, 0.15) is 12.6 Å². The van der Waals surface area contributed by atoms with E-state index >= 15 is 0 Å². The molecule has 0 aromatic heterocycles. The highest BCUT2D eigenvalue weighted by molar-refractivity contribution is 6.31. The summed E-state index contributed by atoms with van der Waals surface area (Å²) in [7, 11) is 3.38. The molecule has 7 nitrogen and oxygen atoms in total. The fourth-order valence-corrected chi connectivity index (χ4v) is 4.55. The molecular formula is C24H27ClN4O3. The Morgan fingerprint density at radius 2 is 1.91 bits per heavy atom. The first kappa shape index (κ1) is 22.1. The van der Waals surface area contributed by atoms with Gasteiger partial charge in [-0.15, -0.1) is 0 Å². The highest BCUT2D eigenvalue weighted by atomic mass is 35.5. The Balaban J connectivity index is 1.61. The summed E-state index contributed by atoms with van der Waals surface area (Å²) in [5.74, 6) is -0.526. The number of hydrogen-bond acceptors (Lipinski definition) is 4. The van der Waals surface area contributed by atoms with Gasteiger partial charge in [-0.05, 0) is 49.1 Å². The van der Waals surface area contributed by atoms with Crippen molar-refractivity contribution in [1.29, 1.82) is 0 Å². The molecule has 4 rings (SSSR count). The van der Waals surface area contributed by atoms with Crippen LogP contribution in [-0.4, -0.2) is 55.8 Å². The van der Waals surface area contributed by atoms with E-state index in [1.54, 1.807) is 32.3 Å². The van der Waals surface area contributed by atoms with Gasteiger partial charge >= 0.3 is 0 Å². The molecule has 1 saturated heterocycles. The van der Waals surface area contributed by atoms with Crippen molar-refractivity contribution in [3.63, 3.8) is 0 Å². The molecule has 0 spiro atoms. The average molecular weight is 455 g/mol. The molecule has 2 heterocycles. The van der Waals surface area contributed by atoms with Crippen LogP contribution >= 0.6 is 11.6 Å². The number of nitrogens with zero attached hydrogens (tertiary/aromatic N) is 3. The summed E-state index contributed by atoms with van der Waals surface area (Å²) in [6.07, 6.45) is 2.75. The van der Waals surface area contributed by atoms with Gasteiger partial charge in [0.25, 0.3) is 5.91 Å². The van der Waals surface area contributed by atoms with E-state index in [-0.39, 0.29) is 36.9 Å². The number of amides is 3. The van der Waals surface area contributed by atoms with Gasteiger partial charge in [-0.3, -0.25) is 19.3 Å². The summed E-state index contributed by atoms with van der Waals surface area (Å²) in [6.45, 7) is 0.958. The van der Waals surface area contributed by atoms with Crippen LogP contribution in [0.15, 0.2) is 42.5 Å².